The molecular weight excluding hydrogens is 286 g/mol. The van der Waals surface area contributed by atoms with Crippen molar-refractivity contribution >= 4 is 17.6 Å². The third-order valence-corrected chi connectivity index (χ3v) is 2.64. The average molecular weight is 307 g/mol. The molecule has 0 atom stereocenters. The number of methoxy groups -OCH3 is 2. The SMILES string of the molecule is COC(=O)/C=C(/Nc1cc(C)ccc1OC(C)C)C(=O)OC. The van der Waals surface area contributed by atoms with E-state index in [4.69, 9.17) is 4.74 Å². The zero-order chi connectivity index (χ0) is 16.7. The Morgan fingerprint density at radius 2 is 1.86 bits per heavy atom. The summed E-state index contributed by atoms with van der Waals surface area (Å²) in [7, 11) is 2.46. The summed E-state index contributed by atoms with van der Waals surface area (Å²) in [5.41, 5.74) is 1.50. The molecule has 0 amide bonds. The molecule has 0 unspecified atom stereocenters. The summed E-state index contributed by atoms with van der Waals surface area (Å²) in [6, 6.07) is 5.50. The number of ether oxygens (including phenoxy) is 3. The van der Waals surface area contributed by atoms with Crippen molar-refractivity contribution in [2.75, 3.05) is 19.5 Å². The van der Waals surface area contributed by atoms with Crippen LogP contribution in [-0.2, 0) is 19.1 Å². The molecule has 0 radical (unpaired) electrons. The molecule has 0 heterocycles. The lowest BCUT2D eigenvalue weighted by Gasteiger charge is -2.17. The van der Waals surface area contributed by atoms with Crippen LogP contribution in [0.4, 0.5) is 5.69 Å². The van der Waals surface area contributed by atoms with E-state index in [2.05, 4.69) is 14.8 Å². The van der Waals surface area contributed by atoms with Crippen LogP contribution in [-0.4, -0.2) is 32.3 Å². The second-order valence-corrected chi connectivity index (χ2v) is 4.86. The number of esters is 2. The van der Waals surface area contributed by atoms with E-state index in [-0.39, 0.29) is 11.8 Å². The van der Waals surface area contributed by atoms with E-state index in [1.165, 1.54) is 14.2 Å². The number of nitrogens with one attached hydrogen (secondary N) is 1. The first-order chi connectivity index (χ1) is 10.4. The van der Waals surface area contributed by atoms with E-state index in [1.807, 2.05) is 32.9 Å². The van der Waals surface area contributed by atoms with Gasteiger partial charge >= 0.3 is 11.9 Å². The molecule has 0 bridgehead atoms. The van der Waals surface area contributed by atoms with Crippen molar-refractivity contribution in [1.82, 2.24) is 0 Å². The second kappa shape index (κ2) is 8.07. The normalized spacial score (nSPS) is 11.1. The highest BCUT2D eigenvalue weighted by atomic mass is 16.5. The Morgan fingerprint density at radius 1 is 1.18 bits per heavy atom. The summed E-state index contributed by atoms with van der Waals surface area (Å²) in [5.74, 6) is -0.769. The minimum atomic E-state index is -0.678. The first-order valence-corrected chi connectivity index (χ1v) is 6.79. The standard InChI is InChI=1S/C16H21NO5/c1-10(2)22-14-7-6-11(3)8-12(14)17-13(16(19)21-5)9-15(18)20-4/h6-10,17H,1-5H3/b13-9+. The highest BCUT2D eigenvalue weighted by molar-refractivity contribution is 5.99. The van der Waals surface area contributed by atoms with Crippen LogP contribution in [0.3, 0.4) is 0 Å². The molecule has 0 aliphatic heterocycles. The smallest absolute Gasteiger partial charge is 0.354 e. The van der Waals surface area contributed by atoms with Crippen molar-refractivity contribution in [2.45, 2.75) is 26.9 Å². The number of anilines is 1. The highest BCUT2D eigenvalue weighted by Crippen LogP contribution is 2.28. The summed E-state index contributed by atoms with van der Waals surface area (Å²) in [6.07, 6.45) is 1.00. The monoisotopic (exact) mass is 307 g/mol. The molecule has 1 aromatic rings. The lowest BCUT2D eigenvalue weighted by atomic mass is 10.2. The Bertz CT molecular complexity index is 578. The summed E-state index contributed by atoms with van der Waals surface area (Å²) >= 11 is 0. The largest absolute Gasteiger partial charge is 0.489 e. The number of benzene rings is 1. The zero-order valence-electron chi connectivity index (χ0n) is 13.4. The Kier molecular flexibility index (Phi) is 6.44. The highest BCUT2D eigenvalue weighted by Gasteiger charge is 2.15. The van der Waals surface area contributed by atoms with Crippen molar-refractivity contribution in [1.29, 1.82) is 0 Å². The molecule has 1 aromatic carbocycles. The number of carbonyl (C=O) groups excluding carboxylic acids is 2. The molecule has 0 saturated carbocycles. The van der Waals surface area contributed by atoms with Gasteiger partial charge < -0.3 is 19.5 Å². The van der Waals surface area contributed by atoms with Gasteiger partial charge in [0.2, 0.25) is 0 Å². The van der Waals surface area contributed by atoms with Gasteiger partial charge in [0.1, 0.15) is 11.4 Å². The summed E-state index contributed by atoms with van der Waals surface area (Å²) in [6.45, 7) is 5.70. The van der Waals surface area contributed by atoms with Crippen molar-refractivity contribution in [2.24, 2.45) is 0 Å². The zero-order valence-corrected chi connectivity index (χ0v) is 13.4. The van der Waals surface area contributed by atoms with Gasteiger partial charge in [-0.05, 0) is 38.5 Å². The molecule has 120 valence electrons. The first kappa shape index (κ1) is 17.6. The third-order valence-electron chi connectivity index (χ3n) is 2.64. The predicted molar refractivity (Wildman–Crippen MR) is 82.7 cm³/mol. The van der Waals surface area contributed by atoms with Crippen LogP contribution in [0.5, 0.6) is 5.75 Å². The topological polar surface area (TPSA) is 73.9 Å². The number of aryl methyl sites for hydroxylation is 1. The minimum absolute atomic E-state index is 0.0329. The van der Waals surface area contributed by atoms with Crippen LogP contribution in [0, 0.1) is 6.92 Å². The van der Waals surface area contributed by atoms with Gasteiger partial charge in [-0.15, -0.1) is 0 Å². The van der Waals surface area contributed by atoms with Crippen LogP contribution in [0.1, 0.15) is 19.4 Å². The summed E-state index contributed by atoms with van der Waals surface area (Å²) in [5, 5.41) is 2.87. The van der Waals surface area contributed by atoms with Crippen molar-refractivity contribution < 1.29 is 23.8 Å². The molecule has 0 fully saturated rings. The maximum atomic E-state index is 11.8. The van der Waals surface area contributed by atoms with E-state index >= 15 is 0 Å². The quantitative estimate of drug-likeness (QED) is 0.642. The second-order valence-electron chi connectivity index (χ2n) is 4.86. The maximum Gasteiger partial charge on any atom is 0.354 e. The van der Waals surface area contributed by atoms with Gasteiger partial charge in [0.25, 0.3) is 0 Å². The lowest BCUT2D eigenvalue weighted by Crippen LogP contribution is -2.16. The maximum absolute atomic E-state index is 11.8. The summed E-state index contributed by atoms with van der Waals surface area (Å²) in [4.78, 5) is 23.2. The lowest BCUT2D eigenvalue weighted by molar-refractivity contribution is -0.138. The van der Waals surface area contributed by atoms with E-state index in [0.29, 0.717) is 11.4 Å². The number of carbonyl (C=O) groups is 2. The van der Waals surface area contributed by atoms with Gasteiger partial charge in [-0.25, -0.2) is 9.59 Å². The summed E-state index contributed by atoms with van der Waals surface area (Å²) < 4.78 is 14.9. The van der Waals surface area contributed by atoms with Crippen LogP contribution in [0.2, 0.25) is 0 Å². The Morgan fingerprint density at radius 3 is 2.41 bits per heavy atom. The fourth-order valence-electron chi connectivity index (χ4n) is 1.68. The van der Waals surface area contributed by atoms with Crippen LogP contribution in [0.15, 0.2) is 30.0 Å². The Balaban J connectivity index is 3.17. The fraction of sp³-hybridized carbons (Fsp3) is 0.375. The van der Waals surface area contributed by atoms with Gasteiger partial charge in [-0.3, -0.25) is 0 Å². The first-order valence-electron chi connectivity index (χ1n) is 6.79. The molecule has 0 aliphatic carbocycles. The molecular formula is C16H21NO5. The number of rotatable bonds is 6. The van der Waals surface area contributed by atoms with Gasteiger partial charge in [-0.1, -0.05) is 6.07 Å². The third kappa shape index (κ3) is 5.12. The molecule has 1 N–H and O–H groups in total. The van der Waals surface area contributed by atoms with Gasteiger partial charge in [0, 0.05) is 0 Å². The molecule has 0 aliphatic rings. The van der Waals surface area contributed by atoms with E-state index in [0.717, 1.165) is 11.6 Å². The van der Waals surface area contributed by atoms with Gasteiger partial charge in [0.15, 0.2) is 0 Å². The van der Waals surface area contributed by atoms with E-state index in [9.17, 15) is 9.59 Å². The molecule has 6 heteroatoms. The molecule has 0 saturated heterocycles. The van der Waals surface area contributed by atoms with Crippen molar-refractivity contribution in [3.05, 3.63) is 35.5 Å². The molecule has 0 spiro atoms. The molecule has 1 rings (SSSR count). The molecule has 22 heavy (non-hydrogen) atoms. The van der Waals surface area contributed by atoms with E-state index < -0.39 is 11.9 Å². The van der Waals surface area contributed by atoms with Crippen LogP contribution >= 0.6 is 0 Å². The average Bonchev–Trinajstić information content (AvgIpc) is 2.47. The molecule has 6 nitrogen and oxygen atoms in total. The van der Waals surface area contributed by atoms with Crippen LogP contribution in [0.25, 0.3) is 0 Å². The predicted octanol–water partition coefficient (Wildman–Crippen LogP) is 2.42. The number of hydrogen-bond donors (Lipinski definition) is 1. The number of hydrogen-bond acceptors (Lipinski definition) is 6. The van der Waals surface area contributed by atoms with Gasteiger partial charge in [-0.2, -0.15) is 0 Å². The van der Waals surface area contributed by atoms with E-state index in [1.54, 1.807) is 6.07 Å². The molecule has 0 aromatic heterocycles. The fourth-order valence-corrected chi connectivity index (χ4v) is 1.68. The minimum Gasteiger partial charge on any atom is -0.489 e. The van der Waals surface area contributed by atoms with Crippen molar-refractivity contribution in [3.63, 3.8) is 0 Å². The van der Waals surface area contributed by atoms with Gasteiger partial charge in [0.05, 0.1) is 32.1 Å². The Hall–Kier alpha value is -2.50. The Labute approximate surface area is 130 Å². The van der Waals surface area contributed by atoms with Crippen molar-refractivity contribution in [3.8, 4) is 5.75 Å². The van der Waals surface area contributed by atoms with Crippen LogP contribution < -0.4 is 10.1 Å².